The summed E-state index contributed by atoms with van der Waals surface area (Å²) in [5, 5.41) is 10.9. The van der Waals surface area contributed by atoms with Gasteiger partial charge < -0.3 is 4.74 Å². The number of para-hydroxylation sites is 2. The maximum atomic E-state index is 11.9. The molecular weight excluding hydrogens is 286 g/mol. The molecule has 0 saturated heterocycles. The van der Waals surface area contributed by atoms with Gasteiger partial charge in [-0.1, -0.05) is 18.2 Å². The van der Waals surface area contributed by atoms with Crippen LogP contribution in [0.1, 0.15) is 5.69 Å². The first-order valence-corrected chi connectivity index (χ1v) is 6.49. The van der Waals surface area contributed by atoms with Crippen molar-refractivity contribution in [3.63, 3.8) is 0 Å². The standard InChI is InChI=1S/C15H11N3O4/c19-15-9-11(16-14-7-3-4-8-17(14)15)10-22-13-6-2-1-5-12(13)18(20)21/h1-9H,10H2. The molecule has 0 unspecified atom stereocenters. The van der Waals surface area contributed by atoms with E-state index in [2.05, 4.69) is 4.98 Å². The van der Waals surface area contributed by atoms with E-state index in [1.807, 2.05) is 0 Å². The normalized spacial score (nSPS) is 10.5. The van der Waals surface area contributed by atoms with Gasteiger partial charge in [0.2, 0.25) is 0 Å². The van der Waals surface area contributed by atoms with E-state index in [0.717, 1.165) is 0 Å². The molecule has 0 saturated carbocycles. The Balaban J connectivity index is 1.89. The molecule has 0 aliphatic carbocycles. The number of hydrogen-bond acceptors (Lipinski definition) is 5. The van der Waals surface area contributed by atoms with Crippen LogP contribution in [0.2, 0.25) is 0 Å². The van der Waals surface area contributed by atoms with E-state index in [1.54, 1.807) is 36.5 Å². The largest absolute Gasteiger partial charge is 0.480 e. The van der Waals surface area contributed by atoms with Gasteiger partial charge in [0.15, 0.2) is 5.75 Å². The van der Waals surface area contributed by atoms with Crippen molar-refractivity contribution in [1.29, 1.82) is 0 Å². The number of aromatic nitrogens is 2. The molecule has 0 atom stereocenters. The lowest BCUT2D eigenvalue weighted by Gasteiger charge is -2.07. The van der Waals surface area contributed by atoms with Gasteiger partial charge >= 0.3 is 5.69 Å². The van der Waals surface area contributed by atoms with Gasteiger partial charge in [0.05, 0.1) is 10.6 Å². The van der Waals surface area contributed by atoms with Crippen LogP contribution in [0, 0.1) is 10.1 Å². The van der Waals surface area contributed by atoms with Gasteiger partial charge in [0.25, 0.3) is 5.56 Å². The maximum Gasteiger partial charge on any atom is 0.310 e. The summed E-state index contributed by atoms with van der Waals surface area (Å²) < 4.78 is 6.85. The zero-order chi connectivity index (χ0) is 15.5. The van der Waals surface area contributed by atoms with E-state index >= 15 is 0 Å². The van der Waals surface area contributed by atoms with Gasteiger partial charge in [-0.3, -0.25) is 19.3 Å². The number of nitro groups is 1. The van der Waals surface area contributed by atoms with Gasteiger partial charge in [0, 0.05) is 18.3 Å². The average molecular weight is 297 g/mol. The lowest BCUT2D eigenvalue weighted by molar-refractivity contribution is -0.385. The van der Waals surface area contributed by atoms with Crippen molar-refractivity contribution in [3.8, 4) is 5.75 Å². The van der Waals surface area contributed by atoms with E-state index in [-0.39, 0.29) is 23.6 Å². The Morgan fingerprint density at radius 3 is 2.77 bits per heavy atom. The van der Waals surface area contributed by atoms with Crippen LogP contribution >= 0.6 is 0 Å². The number of ether oxygens (including phenoxy) is 1. The fourth-order valence-corrected chi connectivity index (χ4v) is 2.06. The Labute approximate surface area is 124 Å². The summed E-state index contributed by atoms with van der Waals surface area (Å²) in [6.45, 7) is -0.0223. The third kappa shape index (κ3) is 2.64. The number of benzene rings is 1. The van der Waals surface area contributed by atoms with E-state index < -0.39 is 4.92 Å². The van der Waals surface area contributed by atoms with Crippen molar-refractivity contribution >= 4 is 11.3 Å². The van der Waals surface area contributed by atoms with Crippen LogP contribution < -0.4 is 10.3 Å². The summed E-state index contributed by atoms with van der Waals surface area (Å²) in [6.07, 6.45) is 1.62. The summed E-state index contributed by atoms with van der Waals surface area (Å²) >= 11 is 0. The molecule has 1 aromatic carbocycles. The van der Waals surface area contributed by atoms with Crippen molar-refractivity contribution in [2.75, 3.05) is 0 Å². The van der Waals surface area contributed by atoms with E-state index in [4.69, 9.17) is 4.74 Å². The highest BCUT2D eigenvalue weighted by molar-refractivity contribution is 5.45. The molecule has 2 aromatic heterocycles. The smallest absolute Gasteiger partial charge is 0.310 e. The second-order valence-electron chi connectivity index (χ2n) is 4.53. The number of nitrogens with zero attached hydrogens (tertiary/aromatic N) is 3. The molecule has 110 valence electrons. The molecule has 22 heavy (non-hydrogen) atoms. The first-order chi connectivity index (χ1) is 10.6. The molecule has 2 heterocycles. The molecule has 0 fully saturated rings. The highest BCUT2D eigenvalue weighted by atomic mass is 16.6. The van der Waals surface area contributed by atoms with Gasteiger partial charge in [-0.05, 0) is 18.2 Å². The molecule has 0 aliphatic rings. The molecule has 3 aromatic rings. The van der Waals surface area contributed by atoms with Gasteiger partial charge in [-0.25, -0.2) is 4.98 Å². The van der Waals surface area contributed by atoms with E-state index in [0.29, 0.717) is 11.3 Å². The number of nitro benzene ring substituents is 1. The van der Waals surface area contributed by atoms with Crippen LogP contribution in [0.3, 0.4) is 0 Å². The molecule has 7 nitrogen and oxygen atoms in total. The lowest BCUT2D eigenvalue weighted by atomic mass is 10.3. The van der Waals surface area contributed by atoms with Crippen molar-refractivity contribution in [3.05, 3.63) is 80.9 Å². The van der Waals surface area contributed by atoms with Crippen LogP contribution in [0.5, 0.6) is 5.75 Å². The van der Waals surface area contributed by atoms with E-state index in [1.165, 1.54) is 22.6 Å². The summed E-state index contributed by atoms with van der Waals surface area (Å²) in [5.74, 6) is 0.141. The second kappa shape index (κ2) is 5.65. The van der Waals surface area contributed by atoms with Crippen molar-refractivity contribution in [2.24, 2.45) is 0 Å². The van der Waals surface area contributed by atoms with Crippen LogP contribution in [0.15, 0.2) is 59.5 Å². The average Bonchev–Trinajstić information content (AvgIpc) is 2.53. The Kier molecular flexibility index (Phi) is 3.53. The molecule has 0 bridgehead atoms. The summed E-state index contributed by atoms with van der Waals surface area (Å²) in [4.78, 5) is 26.6. The Morgan fingerprint density at radius 1 is 1.18 bits per heavy atom. The van der Waals surface area contributed by atoms with Crippen molar-refractivity contribution in [2.45, 2.75) is 6.61 Å². The van der Waals surface area contributed by atoms with Gasteiger partial charge in [0.1, 0.15) is 12.3 Å². The van der Waals surface area contributed by atoms with Crippen LogP contribution in [-0.2, 0) is 6.61 Å². The fraction of sp³-hybridized carbons (Fsp3) is 0.0667. The van der Waals surface area contributed by atoms with Crippen LogP contribution in [0.4, 0.5) is 5.69 Å². The topological polar surface area (TPSA) is 86.7 Å². The lowest BCUT2D eigenvalue weighted by Crippen LogP contribution is -2.16. The molecule has 3 rings (SSSR count). The molecular formula is C15H11N3O4. The Bertz CT molecular complexity index is 904. The molecule has 0 amide bonds. The molecule has 7 heteroatoms. The minimum atomic E-state index is -0.516. The van der Waals surface area contributed by atoms with Crippen molar-refractivity contribution in [1.82, 2.24) is 9.38 Å². The highest BCUT2D eigenvalue weighted by Gasteiger charge is 2.14. The first kappa shape index (κ1) is 13.7. The molecule has 0 spiro atoms. The summed E-state index contributed by atoms with van der Waals surface area (Å²) in [5.41, 5.74) is 0.553. The quantitative estimate of drug-likeness (QED) is 0.544. The molecule has 0 radical (unpaired) electrons. The minimum absolute atomic E-state index is 0.0223. The number of rotatable bonds is 4. The number of hydrogen-bond donors (Lipinski definition) is 0. The highest BCUT2D eigenvalue weighted by Crippen LogP contribution is 2.26. The molecule has 0 N–H and O–H groups in total. The van der Waals surface area contributed by atoms with Crippen molar-refractivity contribution < 1.29 is 9.66 Å². The second-order valence-corrected chi connectivity index (χ2v) is 4.53. The molecule has 0 aliphatic heterocycles. The number of pyridine rings is 1. The zero-order valence-electron chi connectivity index (χ0n) is 11.4. The third-order valence-corrected chi connectivity index (χ3v) is 3.06. The maximum absolute atomic E-state index is 11.9. The third-order valence-electron chi connectivity index (χ3n) is 3.06. The summed E-state index contributed by atoms with van der Waals surface area (Å²) in [6, 6.07) is 12.6. The SMILES string of the molecule is O=c1cc(COc2ccccc2[N+](=O)[O-])nc2ccccn12. The van der Waals surface area contributed by atoms with Crippen LogP contribution in [-0.4, -0.2) is 14.3 Å². The van der Waals surface area contributed by atoms with Crippen LogP contribution in [0.25, 0.3) is 5.65 Å². The predicted octanol–water partition coefficient (Wildman–Crippen LogP) is 2.18. The van der Waals surface area contributed by atoms with Gasteiger partial charge in [-0.15, -0.1) is 0 Å². The van der Waals surface area contributed by atoms with Gasteiger partial charge in [-0.2, -0.15) is 0 Å². The predicted molar refractivity (Wildman–Crippen MR) is 78.9 cm³/mol. The monoisotopic (exact) mass is 297 g/mol. The summed E-state index contributed by atoms with van der Waals surface area (Å²) in [7, 11) is 0. The Hall–Kier alpha value is -3.22. The fourth-order valence-electron chi connectivity index (χ4n) is 2.06. The van der Waals surface area contributed by atoms with E-state index in [9.17, 15) is 14.9 Å². The zero-order valence-corrected chi connectivity index (χ0v) is 11.4. The first-order valence-electron chi connectivity index (χ1n) is 6.49. The minimum Gasteiger partial charge on any atom is -0.480 e. The number of fused-ring (bicyclic) bond motifs is 1. The Morgan fingerprint density at radius 2 is 1.95 bits per heavy atom.